The molecule has 3 N–H and O–H groups in total. The molecule has 0 bridgehead atoms. The summed E-state index contributed by atoms with van der Waals surface area (Å²) in [6.45, 7) is 11.7. The van der Waals surface area contributed by atoms with Crippen molar-refractivity contribution in [3.8, 4) is 0 Å². The van der Waals surface area contributed by atoms with Gasteiger partial charge in [-0.2, -0.15) is 0 Å². The van der Waals surface area contributed by atoms with Gasteiger partial charge in [0.25, 0.3) is 11.8 Å². The van der Waals surface area contributed by atoms with Crippen molar-refractivity contribution >= 4 is 39.7 Å². The van der Waals surface area contributed by atoms with Crippen molar-refractivity contribution in [3.05, 3.63) is 68.4 Å². The highest BCUT2D eigenvalue weighted by atomic mass is 16.6. The third kappa shape index (κ3) is 18.4. The van der Waals surface area contributed by atoms with Gasteiger partial charge in [-0.1, -0.05) is 22.4 Å². The topological polar surface area (TPSA) is 254 Å². The first-order valence-corrected chi connectivity index (χ1v) is 19.2. The summed E-state index contributed by atoms with van der Waals surface area (Å²) in [5, 5.41) is 17.2. The third-order valence-electron chi connectivity index (χ3n) is 7.97. The lowest BCUT2D eigenvalue weighted by Crippen LogP contribution is -2.33. The molecule has 1 aromatic heterocycles. The van der Waals surface area contributed by atoms with Crippen LogP contribution < -0.4 is 16.0 Å². The molecule has 20 heteroatoms. The zero-order valence-corrected chi connectivity index (χ0v) is 33.6. The van der Waals surface area contributed by atoms with Crippen LogP contribution in [0.3, 0.4) is 0 Å². The highest BCUT2D eigenvalue weighted by molar-refractivity contribution is 6.12. The average Bonchev–Trinajstić information content (AvgIpc) is 3.51. The molecular weight excluding hydrogens is 756 g/mol. The van der Waals surface area contributed by atoms with Crippen molar-refractivity contribution in [1.82, 2.24) is 20.5 Å². The van der Waals surface area contributed by atoms with Gasteiger partial charge in [0, 0.05) is 82.0 Å². The molecule has 1 heterocycles. The second kappa shape index (κ2) is 27.5. The second-order valence-corrected chi connectivity index (χ2v) is 13.5. The first kappa shape index (κ1) is 47.2. The lowest BCUT2D eigenvalue weighted by molar-refractivity contribution is 0.0166. The van der Waals surface area contributed by atoms with Crippen molar-refractivity contribution < 1.29 is 47.5 Å². The summed E-state index contributed by atoms with van der Waals surface area (Å²) in [7, 11) is 0. The van der Waals surface area contributed by atoms with Crippen molar-refractivity contribution in [3.63, 3.8) is 0 Å². The number of alkyl carbamates (subject to hydrolysis) is 1. The summed E-state index contributed by atoms with van der Waals surface area (Å²) >= 11 is 0. The molecule has 3 rings (SSSR count). The highest BCUT2D eigenvalue weighted by Crippen LogP contribution is 2.31. The molecule has 0 aliphatic carbocycles. The van der Waals surface area contributed by atoms with Crippen molar-refractivity contribution in [1.29, 1.82) is 0 Å². The maximum Gasteiger partial charge on any atom is 0.407 e. The van der Waals surface area contributed by atoms with E-state index in [2.05, 4.69) is 40.6 Å². The minimum Gasteiger partial charge on any atom is -0.444 e. The number of nitrogens with one attached hydrogen (secondary N) is 3. The van der Waals surface area contributed by atoms with Crippen molar-refractivity contribution in [2.45, 2.75) is 39.3 Å². The number of hydrogen-bond donors (Lipinski definition) is 3. The van der Waals surface area contributed by atoms with Crippen LogP contribution >= 0.6 is 0 Å². The summed E-state index contributed by atoms with van der Waals surface area (Å²) in [6.07, 6.45) is 0.0534. The normalized spacial score (nSPS) is 11.2. The van der Waals surface area contributed by atoms with E-state index in [1.54, 1.807) is 32.9 Å². The lowest BCUT2D eigenvalue weighted by Gasteiger charge is -2.19. The van der Waals surface area contributed by atoms with Gasteiger partial charge in [0.1, 0.15) is 5.60 Å². The minimum absolute atomic E-state index is 0.259. The SMILES string of the molecule is CC(C)(C)OC(=O)NCCCn1c2cc(C(=O)NCCOCCOCCOCCN=[N+]=[N-])ccc2c2ccc(C(=O)NCCOCCOCCOCCN=[N+]=[N-])cc21. The van der Waals surface area contributed by atoms with Crippen LogP contribution in [-0.2, 0) is 39.7 Å². The standard InChI is InChI=1S/C38H56N10O10/c1-38(2,3)58-37(51)43-9-4-14-48-33-27-29(35(49)41-10-15-52-19-23-56-25-21-54-17-12-44-46-39)5-7-31(33)32-8-6-30(28-34(32)48)36(50)42-11-16-53-20-24-57-26-22-55-18-13-45-47-40/h5-8,27-28H,4,9-26H2,1-3H3,(H,41,49)(H,42,50)(H,43,51). The largest absolute Gasteiger partial charge is 0.444 e. The van der Waals surface area contributed by atoms with Crippen LogP contribution in [0.5, 0.6) is 0 Å². The number of rotatable bonds is 30. The minimum atomic E-state index is -0.620. The molecule has 0 aliphatic heterocycles. The van der Waals surface area contributed by atoms with E-state index < -0.39 is 11.7 Å². The van der Waals surface area contributed by atoms with E-state index >= 15 is 0 Å². The van der Waals surface area contributed by atoms with Crippen LogP contribution in [0.2, 0.25) is 0 Å². The fourth-order valence-electron chi connectivity index (χ4n) is 5.42. The van der Waals surface area contributed by atoms with Crippen LogP contribution in [0.15, 0.2) is 46.6 Å². The first-order chi connectivity index (χ1) is 28.1. The number of carbonyl (C=O) groups is 3. The molecule has 2 aromatic carbocycles. The van der Waals surface area contributed by atoms with Gasteiger partial charge in [-0.05, 0) is 62.5 Å². The fourth-order valence-corrected chi connectivity index (χ4v) is 5.42. The fraction of sp³-hybridized carbons (Fsp3) is 0.605. The first-order valence-electron chi connectivity index (χ1n) is 19.2. The number of hydrogen-bond acceptors (Lipinski definition) is 12. The zero-order valence-electron chi connectivity index (χ0n) is 33.6. The van der Waals surface area contributed by atoms with E-state index in [4.69, 9.17) is 44.2 Å². The molecule has 20 nitrogen and oxygen atoms in total. The Morgan fingerprint density at radius 2 is 1.02 bits per heavy atom. The quantitative estimate of drug-likeness (QED) is 0.0356. The Hall–Kier alpha value is -5.17. The zero-order chi connectivity index (χ0) is 41.9. The van der Waals surface area contributed by atoms with Gasteiger partial charge in [-0.3, -0.25) is 9.59 Å². The van der Waals surface area contributed by atoms with E-state index in [0.717, 1.165) is 21.8 Å². The number of amides is 3. The smallest absolute Gasteiger partial charge is 0.407 e. The Morgan fingerprint density at radius 1 is 0.603 bits per heavy atom. The lowest BCUT2D eigenvalue weighted by atomic mass is 10.1. The van der Waals surface area contributed by atoms with Crippen LogP contribution in [0.1, 0.15) is 47.9 Å². The van der Waals surface area contributed by atoms with E-state index in [9.17, 15) is 14.4 Å². The number of carbonyl (C=O) groups excluding carboxylic acids is 3. The van der Waals surface area contributed by atoms with Crippen molar-refractivity contribution in [2.75, 3.05) is 112 Å². The predicted molar refractivity (Wildman–Crippen MR) is 216 cm³/mol. The summed E-state index contributed by atoms with van der Waals surface area (Å²) in [6, 6.07) is 11.0. The Kier molecular flexibility index (Phi) is 22.4. The number of ether oxygens (including phenoxy) is 7. The summed E-state index contributed by atoms with van der Waals surface area (Å²) in [4.78, 5) is 44.0. The van der Waals surface area contributed by atoms with E-state index in [0.29, 0.717) is 123 Å². The second-order valence-electron chi connectivity index (χ2n) is 13.5. The molecule has 0 saturated carbocycles. The molecule has 0 fully saturated rings. The molecule has 58 heavy (non-hydrogen) atoms. The summed E-state index contributed by atoms with van der Waals surface area (Å²) in [5.74, 6) is -0.519. The van der Waals surface area contributed by atoms with Gasteiger partial charge < -0.3 is 53.7 Å². The van der Waals surface area contributed by atoms with Crippen LogP contribution in [-0.4, -0.2) is 140 Å². The maximum atomic E-state index is 13.2. The molecule has 0 aliphatic rings. The van der Waals surface area contributed by atoms with Gasteiger partial charge in [0.2, 0.25) is 0 Å². The van der Waals surface area contributed by atoms with Gasteiger partial charge >= 0.3 is 6.09 Å². The number of fused-ring (bicyclic) bond motifs is 3. The highest BCUT2D eigenvalue weighted by Gasteiger charge is 2.18. The number of azide groups is 2. The number of aromatic nitrogens is 1. The third-order valence-corrected chi connectivity index (χ3v) is 7.97. The number of aryl methyl sites for hydroxylation is 1. The number of benzene rings is 2. The average molecular weight is 813 g/mol. The maximum absolute atomic E-state index is 13.2. The molecule has 0 atom stereocenters. The van der Waals surface area contributed by atoms with Crippen LogP contribution in [0.4, 0.5) is 4.79 Å². The van der Waals surface area contributed by atoms with Gasteiger partial charge in [0.05, 0.1) is 79.3 Å². The van der Waals surface area contributed by atoms with E-state index in [1.807, 2.05) is 24.3 Å². The molecule has 318 valence electrons. The van der Waals surface area contributed by atoms with Crippen LogP contribution in [0.25, 0.3) is 42.7 Å². The Bertz CT molecular complexity index is 1710. The molecule has 0 radical (unpaired) electrons. The molecule has 0 saturated heterocycles. The monoisotopic (exact) mass is 812 g/mol. The molecule has 3 amide bonds. The molecule has 0 unspecified atom stereocenters. The van der Waals surface area contributed by atoms with Crippen LogP contribution in [0, 0.1) is 0 Å². The Labute approximate surface area is 337 Å². The molecule has 0 spiro atoms. The summed E-state index contributed by atoms with van der Waals surface area (Å²) < 4.78 is 40.0. The number of nitrogens with zero attached hydrogens (tertiary/aromatic N) is 7. The van der Waals surface area contributed by atoms with Gasteiger partial charge in [0.15, 0.2) is 0 Å². The van der Waals surface area contributed by atoms with E-state index in [-0.39, 0.29) is 24.9 Å². The molecule has 3 aromatic rings. The predicted octanol–water partition coefficient (Wildman–Crippen LogP) is 4.89. The van der Waals surface area contributed by atoms with Crippen molar-refractivity contribution in [2.24, 2.45) is 10.2 Å². The Morgan fingerprint density at radius 3 is 1.43 bits per heavy atom. The Balaban J connectivity index is 1.56. The molecular formula is C38H56N10O10. The van der Waals surface area contributed by atoms with Gasteiger partial charge in [-0.15, -0.1) is 0 Å². The summed E-state index contributed by atoms with van der Waals surface area (Å²) in [5.41, 5.74) is 18.4. The van der Waals surface area contributed by atoms with E-state index in [1.165, 1.54) is 0 Å². The van der Waals surface area contributed by atoms with Gasteiger partial charge in [-0.25, -0.2) is 4.79 Å².